The van der Waals surface area contributed by atoms with Gasteiger partial charge in [-0.3, -0.25) is 0 Å². The second-order valence-electron chi connectivity index (χ2n) is 7.30. The van der Waals surface area contributed by atoms with Gasteiger partial charge in [0.1, 0.15) is 11.3 Å². The van der Waals surface area contributed by atoms with Gasteiger partial charge in [0.2, 0.25) is 10.0 Å². The van der Waals surface area contributed by atoms with Crippen molar-refractivity contribution in [2.45, 2.75) is 38.1 Å². The molecule has 1 unspecified atom stereocenters. The Kier molecular flexibility index (Phi) is 4.74. The molecule has 1 aliphatic heterocycles. The number of nitrogens with zero attached hydrogens (tertiary/aromatic N) is 4. The van der Waals surface area contributed by atoms with Crippen molar-refractivity contribution in [3.8, 4) is 0 Å². The van der Waals surface area contributed by atoms with E-state index >= 15 is 0 Å². The maximum atomic E-state index is 13.0. The Hall–Kier alpha value is -2.25. The SMILES string of the molecule is Cc1ccc(S(=O)(=O)N2CCCC(Cn3c(C)nc4cccnc43)C2)cc1. The Morgan fingerprint density at radius 1 is 1.15 bits per heavy atom. The first-order valence-electron chi connectivity index (χ1n) is 9.30. The average Bonchev–Trinajstić information content (AvgIpc) is 2.98. The van der Waals surface area contributed by atoms with Gasteiger partial charge >= 0.3 is 0 Å². The number of rotatable bonds is 4. The highest BCUT2D eigenvalue weighted by Crippen LogP contribution is 2.26. The van der Waals surface area contributed by atoms with Gasteiger partial charge in [-0.1, -0.05) is 17.7 Å². The molecule has 1 aromatic carbocycles. The highest BCUT2D eigenvalue weighted by Gasteiger charge is 2.30. The molecular weight excluding hydrogens is 360 g/mol. The Bertz CT molecular complexity index is 1060. The van der Waals surface area contributed by atoms with E-state index in [2.05, 4.69) is 14.5 Å². The van der Waals surface area contributed by atoms with Crippen LogP contribution < -0.4 is 0 Å². The van der Waals surface area contributed by atoms with Crippen LogP contribution in [-0.4, -0.2) is 40.3 Å². The summed E-state index contributed by atoms with van der Waals surface area (Å²) in [7, 11) is -3.45. The van der Waals surface area contributed by atoms with Crippen LogP contribution in [0.15, 0.2) is 47.5 Å². The van der Waals surface area contributed by atoms with E-state index in [4.69, 9.17) is 0 Å². The molecule has 3 heterocycles. The summed E-state index contributed by atoms with van der Waals surface area (Å²) in [5.41, 5.74) is 2.81. The molecule has 1 aliphatic rings. The number of sulfonamides is 1. The van der Waals surface area contributed by atoms with Gasteiger partial charge < -0.3 is 4.57 Å². The summed E-state index contributed by atoms with van der Waals surface area (Å²) in [6, 6.07) is 10.9. The lowest BCUT2D eigenvalue weighted by Crippen LogP contribution is -2.41. The third-order valence-corrected chi connectivity index (χ3v) is 7.16. The quantitative estimate of drug-likeness (QED) is 0.693. The van der Waals surface area contributed by atoms with Crippen LogP contribution in [0.3, 0.4) is 0 Å². The first-order valence-corrected chi connectivity index (χ1v) is 10.7. The van der Waals surface area contributed by atoms with Gasteiger partial charge in [-0.15, -0.1) is 0 Å². The van der Waals surface area contributed by atoms with Crippen molar-refractivity contribution in [3.63, 3.8) is 0 Å². The van der Waals surface area contributed by atoms with Gasteiger partial charge in [0.05, 0.1) is 4.90 Å². The molecule has 0 N–H and O–H groups in total. The van der Waals surface area contributed by atoms with E-state index in [0.717, 1.165) is 41.9 Å². The topological polar surface area (TPSA) is 68.1 Å². The van der Waals surface area contributed by atoms with Crippen molar-refractivity contribution in [2.75, 3.05) is 13.1 Å². The highest BCUT2D eigenvalue weighted by atomic mass is 32.2. The molecule has 7 heteroatoms. The molecule has 3 aromatic rings. The van der Waals surface area contributed by atoms with Crippen molar-refractivity contribution in [1.29, 1.82) is 0 Å². The third-order valence-electron chi connectivity index (χ3n) is 5.28. The van der Waals surface area contributed by atoms with Crippen molar-refractivity contribution < 1.29 is 8.42 Å². The van der Waals surface area contributed by atoms with Crippen LogP contribution in [0.1, 0.15) is 24.2 Å². The Morgan fingerprint density at radius 3 is 2.70 bits per heavy atom. The first kappa shape index (κ1) is 18.1. The predicted octanol–water partition coefficient (Wildman–Crippen LogP) is 3.15. The van der Waals surface area contributed by atoms with Crippen LogP contribution in [-0.2, 0) is 16.6 Å². The molecule has 1 fully saturated rings. The van der Waals surface area contributed by atoms with E-state index in [1.54, 1.807) is 22.6 Å². The second-order valence-corrected chi connectivity index (χ2v) is 9.24. The van der Waals surface area contributed by atoms with Gasteiger partial charge in [0, 0.05) is 25.8 Å². The van der Waals surface area contributed by atoms with Crippen molar-refractivity contribution in [1.82, 2.24) is 18.8 Å². The van der Waals surface area contributed by atoms with Crippen molar-refractivity contribution in [2.24, 2.45) is 5.92 Å². The number of hydrogen-bond acceptors (Lipinski definition) is 4. The smallest absolute Gasteiger partial charge is 0.243 e. The minimum absolute atomic E-state index is 0.247. The Morgan fingerprint density at radius 2 is 1.93 bits per heavy atom. The molecule has 1 saturated heterocycles. The fraction of sp³-hybridized carbons (Fsp3) is 0.400. The molecule has 0 aliphatic carbocycles. The normalized spacial score (nSPS) is 18.8. The molecule has 0 spiro atoms. The number of piperidine rings is 1. The van der Waals surface area contributed by atoms with Crippen LogP contribution in [0, 0.1) is 19.8 Å². The summed E-state index contributed by atoms with van der Waals surface area (Å²) in [4.78, 5) is 9.41. The molecular formula is C20H24N4O2S. The number of fused-ring (bicyclic) bond motifs is 1. The van der Waals surface area contributed by atoms with E-state index in [1.165, 1.54) is 0 Å². The van der Waals surface area contributed by atoms with Crippen molar-refractivity contribution >= 4 is 21.2 Å². The van der Waals surface area contributed by atoms with Crippen molar-refractivity contribution in [3.05, 3.63) is 54.0 Å². The minimum atomic E-state index is -3.45. The van der Waals surface area contributed by atoms with Crippen LogP contribution in [0.2, 0.25) is 0 Å². The maximum Gasteiger partial charge on any atom is 0.243 e. The van der Waals surface area contributed by atoms with Gasteiger partial charge in [0.25, 0.3) is 0 Å². The molecule has 0 radical (unpaired) electrons. The maximum absolute atomic E-state index is 13.0. The van der Waals surface area contributed by atoms with Gasteiger partial charge in [0.15, 0.2) is 5.65 Å². The van der Waals surface area contributed by atoms with Gasteiger partial charge in [-0.05, 0) is 56.9 Å². The molecule has 27 heavy (non-hydrogen) atoms. The number of aromatic nitrogens is 3. The highest BCUT2D eigenvalue weighted by molar-refractivity contribution is 7.89. The van der Waals surface area contributed by atoms with E-state index in [-0.39, 0.29) is 5.92 Å². The van der Waals surface area contributed by atoms with Crippen LogP contribution in [0.4, 0.5) is 0 Å². The predicted molar refractivity (Wildman–Crippen MR) is 105 cm³/mol. The second kappa shape index (κ2) is 7.05. The number of pyridine rings is 1. The summed E-state index contributed by atoms with van der Waals surface area (Å²) < 4.78 is 29.8. The largest absolute Gasteiger partial charge is 0.313 e. The van der Waals surface area contributed by atoms with E-state index in [1.807, 2.05) is 38.1 Å². The van der Waals surface area contributed by atoms with Crippen LogP contribution >= 0.6 is 0 Å². The first-order chi connectivity index (χ1) is 12.9. The molecule has 2 aromatic heterocycles. The third kappa shape index (κ3) is 3.49. The molecule has 142 valence electrons. The number of benzene rings is 1. The lowest BCUT2D eigenvalue weighted by Gasteiger charge is -2.32. The van der Waals surface area contributed by atoms with Gasteiger partial charge in [-0.2, -0.15) is 4.31 Å². The monoisotopic (exact) mass is 384 g/mol. The van der Waals surface area contributed by atoms with E-state index in [0.29, 0.717) is 18.0 Å². The zero-order valence-electron chi connectivity index (χ0n) is 15.7. The summed E-state index contributed by atoms with van der Waals surface area (Å²) in [5, 5.41) is 0. The van der Waals surface area contributed by atoms with E-state index < -0.39 is 10.0 Å². The molecule has 0 saturated carbocycles. The summed E-state index contributed by atoms with van der Waals surface area (Å²) in [5.74, 6) is 1.17. The van der Waals surface area contributed by atoms with E-state index in [9.17, 15) is 8.42 Å². The Balaban J connectivity index is 1.56. The molecule has 0 bridgehead atoms. The minimum Gasteiger partial charge on any atom is -0.313 e. The number of imidazole rings is 1. The Labute approximate surface area is 159 Å². The lowest BCUT2D eigenvalue weighted by atomic mass is 9.99. The molecule has 4 rings (SSSR count). The lowest BCUT2D eigenvalue weighted by molar-refractivity contribution is 0.245. The average molecular weight is 385 g/mol. The molecule has 1 atom stereocenters. The fourth-order valence-electron chi connectivity index (χ4n) is 3.80. The van der Waals surface area contributed by atoms with Crippen LogP contribution in [0.5, 0.6) is 0 Å². The summed E-state index contributed by atoms with van der Waals surface area (Å²) in [6.07, 6.45) is 3.65. The number of aryl methyl sites for hydroxylation is 2. The standard InChI is InChI=1S/C20H24N4O2S/c1-15-7-9-18(10-8-15)27(25,26)23-12-4-5-17(13-23)14-24-16(2)22-19-6-3-11-21-20(19)24/h3,6-11,17H,4-5,12-14H2,1-2H3. The zero-order valence-corrected chi connectivity index (χ0v) is 16.5. The molecule has 0 amide bonds. The zero-order chi connectivity index (χ0) is 19.0. The fourth-order valence-corrected chi connectivity index (χ4v) is 5.36. The summed E-state index contributed by atoms with van der Waals surface area (Å²) in [6.45, 7) is 5.78. The number of hydrogen-bond donors (Lipinski definition) is 0. The molecule has 6 nitrogen and oxygen atoms in total. The summed E-state index contributed by atoms with van der Waals surface area (Å²) >= 11 is 0. The van der Waals surface area contributed by atoms with Gasteiger partial charge in [-0.25, -0.2) is 18.4 Å². The van der Waals surface area contributed by atoms with Crippen LogP contribution in [0.25, 0.3) is 11.2 Å².